The van der Waals surface area contributed by atoms with Gasteiger partial charge in [0.25, 0.3) is 0 Å². The monoisotopic (exact) mass is 254 g/mol. The van der Waals surface area contributed by atoms with Gasteiger partial charge in [-0.3, -0.25) is 14.5 Å². The Morgan fingerprint density at radius 2 is 1.65 bits per heavy atom. The number of hydrogen-bond acceptors (Lipinski definition) is 3. The molecular formula is C9H13F3N2O3. The molecule has 1 fully saturated rings. The maximum atomic E-state index is 12.1. The van der Waals surface area contributed by atoms with Crippen LogP contribution in [0.4, 0.5) is 13.2 Å². The summed E-state index contributed by atoms with van der Waals surface area (Å²) in [6.07, 6.45) is -4.85. The number of carbonyl (C=O) groups excluding carboxylic acids is 1. The van der Waals surface area contributed by atoms with Crippen molar-refractivity contribution in [1.29, 1.82) is 0 Å². The molecule has 0 unspecified atom stereocenters. The van der Waals surface area contributed by atoms with Gasteiger partial charge in [-0.05, 0) is 0 Å². The lowest BCUT2D eigenvalue weighted by Crippen LogP contribution is -2.51. The summed E-state index contributed by atoms with van der Waals surface area (Å²) < 4.78 is 36.2. The zero-order valence-electron chi connectivity index (χ0n) is 9.03. The van der Waals surface area contributed by atoms with Crippen molar-refractivity contribution in [3.05, 3.63) is 0 Å². The predicted molar refractivity (Wildman–Crippen MR) is 51.3 cm³/mol. The molecule has 1 aliphatic heterocycles. The number of carbonyl (C=O) groups is 2. The van der Waals surface area contributed by atoms with Crippen molar-refractivity contribution >= 4 is 11.9 Å². The van der Waals surface area contributed by atoms with Gasteiger partial charge >= 0.3 is 12.1 Å². The van der Waals surface area contributed by atoms with Gasteiger partial charge in [-0.2, -0.15) is 13.2 Å². The summed E-state index contributed by atoms with van der Waals surface area (Å²) in [5, 5.41) is 8.41. The van der Waals surface area contributed by atoms with E-state index in [0.29, 0.717) is 0 Å². The van der Waals surface area contributed by atoms with Crippen molar-refractivity contribution in [2.75, 3.05) is 32.7 Å². The second-order valence-corrected chi connectivity index (χ2v) is 3.84. The van der Waals surface area contributed by atoms with E-state index in [0.717, 1.165) is 0 Å². The molecule has 1 heterocycles. The van der Waals surface area contributed by atoms with Gasteiger partial charge in [0.15, 0.2) is 0 Å². The van der Waals surface area contributed by atoms with Gasteiger partial charge in [0, 0.05) is 26.2 Å². The minimum atomic E-state index is -4.24. The lowest BCUT2D eigenvalue weighted by atomic mass is 10.2. The lowest BCUT2D eigenvalue weighted by Gasteiger charge is -2.34. The predicted octanol–water partition coefficient (Wildman–Crippen LogP) is 0.168. The summed E-state index contributed by atoms with van der Waals surface area (Å²) >= 11 is 0. The van der Waals surface area contributed by atoms with Crippen LogP contribution in [0.2, 0.25) is 0 Å². The van der Waals surface area contributed by atoms with E-state index in [1.54, 1.807) is 0 Å². The third-order valence-corrected chi connectivity index (χ3v) is 2.43. The van der Waals surface area contributed by atoms with E-state index < -0.39 is 31.0 Å². The van der Waals surface area contributed by atoms with Crippen LogP contribution >= 0.6 is 0 Å². The summed E-state index contributed by atoms with van der Waals surface area (Å²) in [5.41, 5.74) is 0. The van der Waals surface area contributed by atoms with E-state index in [4.69, 9.17) is 5.11 Å². The fraction of sp³-hybridized carbons (Fsp3) is 0.778. The summed E-state index contributed by atoms with van der Waals surface area (Å²) in [7, 11) is 0. The van der Waals surface area contributed by atoms with Crippen molar-refractivity contribution in [3.8, 4) is 0 Å². The van der Waals surface area contributed by atoms with Gasteiger partial charge in [-0.1, -0.05) is 0 Å². The van der Waals surface area contributed by atoms with Crippen LogP contribution in [0.5, 0.6) is 0 Å². The van der Waals surface area contributed by atoms with Gasteiger partial charge in [-0.15, -0.1) is 0 Å². The van der Waals surface area contributed by atoms with Gasteiger partial charge in [0.1, 0.15) is 6.42 Å². The first-order chi connectivity index (χ1) is 7.78. The average molecular weight is 254 g/mol. The Morgan fingerprint density at radius 3 is 2.06 bits per heavy atom. The van der Waals surface area contributed by atoms with Crippen LogP contribution in [0.25, 0.3) is 0 Å². The number of aliphatic carboxylic acids is 1. The standard InChI is InChI=1S/C9H13F3N2O3/c10-9(11,12)6-13-1-3-14(4-2-13)7(15)5-8(16)17/h1-6H2,(H,16,17). The van der Waals surface area contributed by atoms with Crippen LogP contribution in [-0.4, -0.2) is 65.7 Å². The van der Waals surface area contributed by atoms with E-state index in [1.165, 1.54) is 9.80 Å². The second-order valence-electron chi connectivity index (χ2n) is 3.84. The van der Waals surface area contributed by atoms with Crippen molar-refractivity contribution < 1.29 is 27.9 Å². The van der Waals surface area contributed by atoms with Crippen molar-refractivity contribution in [3.63, 3.8) is 0 Å². The van der Waals surface area contributed by atoms with Gasteiger partial charge in [0.2, 0.25) is 5.91 Å². The largest absolute Gasteiger partial charge is 0.481 e. The maximum absolute atomic E-state index is 12.1. The summed E-state index contributed by atoms with van der Waals surface area (Å²) in [4.78, 5) is 24.1. The minimum absolute atomic E-state index is 0.116. The van der Waals surface area contributed by atoms with Crippen LogP contribution in [0.3, 0.4) is 0 Å². The van der Waals surface area contributed by atoms with Crippen LogP contribution in [-0.2, 0) is 9.59 Å². The summed E-state index contributed by atoms with van der Waals surface area (Å²) in [6, 6.07) is 0. The fourth-order valence-electron chi connectivity index (χ4n) is 1.65. The number of hydrogen-bond donors (Lipinski definition) is 1. The highest BCUT2D eigenvalue weighted by atomic mass is 19.4. The molecular weight excluding hydrogens is 241 g/mol. The van der Waals surface area contributed by atoms with E-state index in [-0.39, 0.29) is 26.2 Å². The molecule has 1 N–H and O–H groups in total. The molecule has 98 valence electrons. The first kappa shape index (κ1) is 13.8. The molecule has 0 saturated carbocycles. The Balaban J connectivity index is 2.35. The van der Waals surface area contributed by atoms with E-state index in [1.807, 2.05) is 0 Å². The number of carboxylic acids is 1. The molecule has 17 heavy (non-hydrogen) atoms. The number of alkyl halides is 3. The van der Waals surface area contributed by atoms with E-state index in [2.05, 4.69) is 0 Å². The normalized spacial score (nSPS) is 18.2. The van der Waals surface area contributed by atoms with Crippen molar-refractivity contribution in [2.24, 2.45) is 0 Å². The Kier molecular flexibility index (Phi) is 4.33. The van der Waals surface area contributed by atoms with Gasteiger partial charge in [-0.25, -0.2) is 0 Å². The van der Waals surface area contributed by atoms with Gasteiger partial charge < -0.3 is 10.0 Å². The van der Waals surface area contributed by atoms with E-state index in [9.17, 15) is 22.8 Å². The Hall–Kier alpha value is -1.31. The van der Waals surface area contributed by atoms with Crippen LogP contribution in [0.1, 0.15) is 6.42 Å². The molecule has 1 rings (SSSR count). The summed E-state index contributed by atoms with van der Waals surface area (Å²) in [6.45, 7) is -0.478. The smallest absolute Gasteiger partial charge is 0.401 e. The van der Waals surface area contributed by atoms with Crippen molar-refractivity contribution in [2.45, 2.75) is 12.6 Å². The molecule has 0 spiro atoms. The topological polar surface area (TPSA) is 60.9 Å². The SMILES string of the molecule is O=C(O)CC(=O)N1CCN(CC(F)(F)F)CC1. The Bertz CT molecular complexity index is 298. The molecule has 0 aromatic carbocycles. The number of nitrogens with zero attached hydrogens (tertiary/aromatic N) is 2. The van der Waals surface area contributed by atoms with E-state index >= 15 is 0 Å². The first-order valence-corrected chi connectivity index (χ1v) is 5.06. The zero-order chi connectivity index (χ0) is 13.1. The van der Waals surface area contributed by atoms with Crippen LogP contribution in [0.15, 0.2) is 0 Å². The number of piperazine rings is 1. The first-order valence-electron chi connectivity index (χ1n) is 5.06. The molecule has 0 aromatic heterocycles. The molecule has 1 saturated heterocycles. The number of amides is 1. The third-order valence-electron chi connectivity index (χ3n) is 2.43. The lowest BCUT2D eigenvalue weighted by molar-refractivity contribution is -0.152. The number of carboxylic acid groups (broad SMARTS) is 1. The third kappa shape index (κ3) is 5.03. The Morgan fingerprint density at radius 1 is 1.12 bits per heavy atom. The molecule has 1 amide bonds. The zero-order valence-corrected chi connectivity index (χ0v) is 9.03. The summed E-state index contributed by atoms with van der Waals surface area (Å²) in [5.74, 6) is -1.78. The minimum Gasteiger partial charge on any atom is -0.481 e. The quantitative estimate of drug-likeness (QED) is 0.729. The van der Waals surface area contributed by atoms with Gasteiger partial charge in [0.05, 0.1) is 6.54 Å². The van der Waals surface area contributed by atoms with Crippen LogP contribution in [0, 0.1) is 0 Å². The number of halogens is 3. The van der Waals surface area contributed by atoms with Crippen LogP contribution < -0.4 is 0 Å². The molecule has 0 atom stereocenters. The molecule has 1 aliphatic rings. The molecule has 5 nitrogen and oxygen atoms in total. The Labute approximate surface area is 95.8 Å². The number of rotatable bonds is 3. The molecule has 0 radical (unpaired) electrons. The highest BCUT2D eigenvalue weighted by Gasteiger charge is 2.32. The average Bonchev–Trinajstić information content (AvgIpc) is 2.15. The highest BCUT2D eigenvalue weighted by molar-refractivity contribution is 5.93. The fourth-order valence-corrected chi connectivity index (χ4v) is 1.65. The molecule has 0 bridgehead atoms. The maximum Gasteiger partial charge on any atom is 0.401 e. The van der Waals surface area contributed by atoms with Crippen molar-refractivity contribution in [1.82, 2.24) is 9.80 Å². The molecule has 0 aliphatic carbocycles. The second kappa shape index (κ2) is 5.35. The molecule has 8 heteroatoms. The molecule has 0 aromatic rings. The highest BCUT2D eigenvalue weighted by Crippen LogP contribution is 2.17.